The molecule has 0 radical (unpaired) electrons. The van der Waals surface area contributed by atoms with E-state index < -0.39 is 17.9 Å². The van der Waals surface area contributed by atoms with Gasteiger partial charge in [0.1, 0.15) is 17.2 Å². The Labute approximate surface area is 250 Å². The summed E-state index contributed by atoms with van der Waals surface area (Å²) in [6, 6.07) is 14.3. The van der Waals surface area contributed by atoms with Gasteiger partial charge in [-0.2, -0.15) is 13.2 Å². The molecule has 0 aliphatic heterocycles. The third-order valence-electron chi connectivity index (χ3n) is 7.12. The first-order chi connectivity index (χ1) is 20.5. The van der Waals surface area contributed by atoms with Gasteiger partial charge < -0.3 is 5.32 Å². The van der Waals surface area contributed by atoms with Crippen molar-refractivity contribution in [3.8, 4) is 11.3 Å². The van der Waals surface area contributed by atoms with Crippen molar-refractivity contribution < 1.29 is 22.0 Å². The molecule has 0 aliphatic rings. The zero-order chi connectivity index (χ0) is 31.6. The predicted molar refractivity (Wildman–Crippen MR) is 166 cm³/mol. The molecule has 0 aliphatic carbocycles. The molecule has 1 N–H and O–H groups in total. The highest BCUT2D eigenvalue weighted by Gasteiger charge is 2.41. The first kappa shape index (κ1) is 33.4. The number of benzene rings is 2. The van der Waals surface area contributed by atoms with Gasteiger partial charge in [0.25, 0.3) is 0 Å². The number of halogens is 5. The lowest BCUT2D eigenvalue weighted by Crippen LogP contribution is -2.23. The summed E-state index contributed by atoms with van der Waals surface area (Å²) in [5.74, 6) is -2.36. The third-order valence-corrected chi connectivity index (χ3v) is 7.12. The fraction of sp³-hybridized carbons (Fsp3) is 0.314. The molecule has 0 spiro atoms. The van der Waals surface area contributed by atoms with Gasteiger partial charge >= 0.3 is 6.18 Å². The number of allylic oxidation sites excluding steroid dienone is 1. The lowest BCUT2D eigenvalue weighted by Gasteiger charge is -2.25. The maximum Gasteiger partial charge on any atom is 0.395 e. The maximum atomic E-state index is 13.9. The summed E-state index contributed by atoms with van der Waals surface area (Å²) in [7, 11) is 0. The van der Waals surface area contributed by atoms with Crippen LogP contribution in [0.1, 0.15) is 74.3 Å². The molecule has 0 saturated carbocycles. The first-order valence-corrected chi connectivity index (χ1v) is 14.4. The van der Waals surface area contributed by atoms with Crippen molar-refractivity contribution in [2.45, 2.75) is 65.0 Å². The van der Waals surface area contributed by atoms with Gasteiger partial charge in [-0.1, -0.05) is 45.1 Å². The molecule has 2 aromatic carbocycles. The number of hydrogen-bond donors (Lipinski definition) is 1. The van der Waals surface area contributed by atoms with Crippen molar-refractivity contribution in [3.05, 3.63) is 114 Å². The Balaban J connectivity index is 0.000000347. The standard InChI is InChI=1S/C25H30F4N2.C10H8FN/c1-5-9-18(16-30-14-6-2)23-15-21(22(8-4)25(27,28)29)20(7-3)24(31-23)17-10-12-19(26)13-11-17;1-7-5-8-3-2-4-12-10(8)9(11)6-7/h6-7,10-15,18,22,30H,3,5,8-9,16H2,1-2,4H3;2-6H,1H3. The molecular formula is C35H38F5N3. The second-order valence-electron chi connectivity index (χ2n) is 10.3. The van der Waals surface area contributed by atoms with Crippen LogP contribution in [-0.4, -0.2) is 22.7 Å². The summed E-state index contributed by atoms with van der Waals surface area (Å²) in [5.41, 5.74) is 3.45. The van der Waals surface area contributed by atoms with Crippen LogP contribution in [0.2, 0.25) is 0 Å². The Morgan fingerprint density at radius 1 is 1.02 bits per heavy atom. The lowest BCUT2D eigenvalue weighted by molar-refractivity contribution is -0.151. The van der Waals surface area contributed by atoms with Crippen LogP contribution in [0.4, 0.5) is 22.0 Å². The number of pyridine rings is 2. The number of hydrogen-bond acceptors (Lipinski definition) is 3. The molecule has 2 aromatic heterocycles. The van der Waals surface area contributed by atoms with Crippen molar-refractivity contribution in [3.63, 3.8) is 0 Å². The molecule has 3 nitrogen and oxygen atoms in total. The van der Waals surface area contributed by atoms with Crippen LogP contribution < -0.4 is 5.32 Å². The highest BCUT2D eigenvalue weighted by atomic mass is 19.4. The van der Waals surface area contributed by atoms with Crippen LogP contribution in [0.3, 0.4) is 0 Å². The molecule has 228 valence electrons. The second-order valence-corrected chi connectivity index (χ2v) is 10.3. The minimum absolute atomic E-state index is 0.0660. The molecule has 0 amide bonds. The van der Waals surface area contributed by atoms with Crippen molar-refractivity contribution in [2.75, 3.05) is 6.54 Å². The highest BCUT2D eigenvalue weighted by molar-refractivity contribution is 5.79. The molecule has 2 heterocycles. The van der Waals surface area contributed by atoms with Crippen LogP contribution in [0.5, 0.6) is 0 Å². The van der Waals surface area contributed by atoms with E-state index in [1.807, 2.05) is 45.2 Å². The van der Waals surface area contributed by atoms with Gasteiger partial charge in [0.15, 0.2) is 0 Å². The molecule has 0 fully saturated rings. The van der Waals surface area contributed by atoms with Crippen LogP contribution in [0, 0.1) is 18.6 Å². The van der Waals surface area contributed by atoms with E-state index in [1.165, 1.54) is 31.2 Å². The highest BCUT2D eigenvalue weighted by Crippen LogP contribution is 2.42. The summed E-state index contributed by atoms with van der Waals surface area (Å²) < 4.78 is 68.4. The third kappa shape index (κ3) is 8.72. The SMILES string of the molecule is C=Cc1c(C(CC)C(F)(F)F)cc(C(CCC)CNC=CC)nc1-c1ccc(F)cc1.Cc1cc(F)c2ncccc2c1. The average Bonchev–Trinajstić information content (AvgIpc) is 2.97. The second kappa shape index (κ2) is 15.4. The van der Waals surface area contributed by atoms with Gasteiger partial charge in [-0.05, 0) is 92.5 Å². The van der Waals surface area contributed by atoms with E-state index in [2.05, 4.69) is 16.9 Å². The number of aromatic nitrogens is 2. The lowest BCUT2D eigenvalue weighted by atomic mass is 9.86. The molecule has 0 bridgehead atoms. The average molecular weight is 596 g/mol. The maximum absolute atomic E-state index is 13.9. The quantitative estimate of drug-likeness (QED) is 0.185. The molecule has 43 heavy (non-hydrogen) atoms. The Morgan fingerprint density at radius 2 is 1.74 bits per heavy atom. The van der Waals surface area contributed by atoms with E-state index in [1.54, 1.807) is 30.5 Å². The number of rotatable bonds is 10. The normalized spacial score (nSPS) is 13.0. The van der Waals surface area contributed by atoms with Crippen molar-refractivity contribution in [1.29, 1.82) is 0 Å². The summed E-state index contributed by atoms with van der Waals surface area (Å²) >= 11 is 0. The largest absolute Gasteiger partial charge is 0.395 e. The smallest absolute Gasteiger partial charge is 0.390 e. The first-order valence-electron chi connectivity index (χ1n) is 14.4. The zero-order valence-electron chi connectivity index (χ0n) is 25.0. The number of fused-ring (bicyclic) bond motifs is 1. The number of alkyl halides is 3. The molecule has 2 unspecified atom stereocenters. The Bertz CT molecular complexity index is 1530. The van der Waals surface area contributed by atoms with Crippen LogP contribution in [-0.2, 0) is 0 Å². The van der Waals surface area contributed by atoms with E-state index in [0.717, 1.165) is 23.8 Å². The van der Waals surface area contributed by atoms with Crippen LogP contribution in [0.25, 0.3) is 28.2 Å². The molecule has 4 aromatic rings. The van der Waals surface area contributed by atoms with Crippen molar-refractivity contribution in [1.82, 2.24) is 15.3 Å². The van der Waals surface area contributed by atoms with Gasteiger partial charge in [0, 0.05) is 40.9 Å². The van der Waals surface area contributed by atoms with Crippen LogP contribution in [0.15, 0.2) is 79.6 Å². The fourth-order valence-corrected chi connectivity index (χ4v) is 5.08. The van der Waals surface area contributed by atoms with E-state index in [-0.39, 0.29) is 23.7 Å². The van der Waals surface area contributed by atoms with Crippen molar-refractivity contribution >= 4 is 17.0 Å². The fourth-order valence-electron chi connectivity index (χ4n) is 5.08. The van der Waals surface area contributed by atoms with Gasteiger partial charge in [0.05, 0.1) is 11.6 Å². The van der Waals surface area contributed by atoms with E-state index in [4.69, 9.17) is 4.98 Å². The number of nitrogens with zero attached hydrogens (tertiary/aromatic N) is 2. The molecule has 2 atom stereocenters. The van der Waals surface area contributed by atoms with Gasteiger partial charge in [-0.15, -0.1) is 0 Å². The Hall–Kier alpha value is -4.07. The van der Waals surface area contributed by atoms with Gasteiger partial charge in [-0.3, -0.25) is 9.97 Å². The van der Waals surface area contributed by atoms with Gasteiger partial charge in [-0.25, -0.2) is 8.78 Å². The Kier molecular flexibility index (Phi) is 12.0. The van der Waals surface area contributed by atoms with Crippen molar-refractivity contribution in [2.24, 2.45) is 0 Å². The molecular weight excluding hydrogens is 557 g/mol. The van der Waals surface area contributed by atoms with Crippen LogP contribution >= 0.6 is 0 Å². The van der Waals surface area contributed by atoms with Gasteiger partial charge in [0.2, 0.25) is 0 Å². The van der Waals surface area contributed by atoms with E-state index in [0.29, 0.717) is 34.6 Å². The van der Waals surface area contributed by atoms with E-state index in [9.17, 15) is 22.0 Å². The van der Waals surface area contributed by atoms with E-state index >= 15 is 0 Å². The number of nitrogens with one attached hydrogen (secondary N) is 1. The zero-order valence-corrected chi connectivity index (χ0v) is 25.0. The minimum Gasteiger partial charge on any atom is -0.390 e. The summed E-state index contributed by atoms with van der Waals surface area (Å²) in [6.45, 7) is 11.6. The topological polar surface area (TPSA) is 37.8 Å². The predicted octanol–water partition coefficient (Wildman–Crippen LogP) is 10.3. The number of aryl methyl sites for hydroxylation is 1. The molecule has 8 heteroatoms. The summed E-state index contributed by atoms with van der Waals surface area (Å²) in [4.78, 5) is 8.72. The Morgan fingerprint density at radius 3 is 2.35 bits per heavy atom. The minimum atomic E-state index is -4.39. The monoisotopic (exact) mass is 595 g/mol. The summed E-state index contributed by atoms with van der Waals surface area (Å²) in [6.07, 6.45) is 3.85. The molecule has 4 rings (SSSR count). The molecule has 0 saturated heterocycles. The summed E-state index contributed by atoms with van der Waals surface area (Å²) in [5, 5.41) is 4.05.